The van der Waals surface area contributed by atoms with Crippen molar-refractivity contribution in [3.8, 4) is 11.4 Å². The number of ether oxygens (including phenoxy) is 2. The van der Waals surface area contributed by atoms with Crippen molar-refractivity contribution in [2.45, 2.75) is 19.0 Å². The second-order valence-electron chi connectivity index (χ2n) is 9.10. The smallest absolute Gasteiger partial charge is 0.250 e. The molecule has 0 aliphatic carbocycles. The van der Waals surface area contributed by atoms with Gasteiger partial charge in [-0.2, -0.15) is 0 Å². The van der Waals surface area contributed by atoms with E-state index in [1.807, 2.05) is 67.7 Å². The van der Waals surface area contributed by atoms with E-state index in [9.17, 15) is 4.79 Å². The summed E-state index contributed by atoms with van der Waals surface area (Å²) in [4.78, 5) is 19.1. The summed E-state index contributed by atoms with van der Waals surface area (Å²) in [6, 6.07) is 21.0. The van der Waals surface area contributed by atoms with Gasteiger partial charge in [0.1, 0.15) is 18.4 Å². The predicted octanol–water partition coefficient (Wildman–Crippen LogP) is 5.60. The largest absolute Gasteiger partial charge is 0.495 e. The van der Waals surface area contributed by atoms with Crippen molar-refractivity contribution < 1.29 is 14.3 Å². The number of benzene rings is 2. The van der Waals surface area contributed by atoms with Gasteiger partial charge in [0.15, 0.2) is 5.11 Å². The number of nitrogens with one attached hydrogen (secondary N) is 2. The van der Waals surface area contributed by atoms with Gasteiger partial charge in [0.25, 0.3) is 0 Å². The number of pyridine rings is 1. The van der Waals surface area contributed by atoms with Gasteiger partial charge in [-0.25, -0.2) is 0 Å². The summed E-state index contributed by atoms with van der Waals surface area (Å²) in [5.74, 6) is 0.240. The van der Waals surface area contributed by atoms with Gasteiger partial charge in [-0.3, -0.25) is 9.78 Å². The topological polar surface area (TPSA) is 80.7 Å². The maximum atomic E-state index is 12.4. The van der Waals surface area contributed by atoms with Crippen LogP contribution in [0.15, 0.2) is 79.1 Å². The summed E-state index contributed by atoms with van der Waals surface area (Å²) in [6.07, 6.45) is 3.80. The second-order valence-corrected chi connectivity index (χ2v) is 9.89. The minimum absolute atomic E-state index is 0.0739. The molecule has 200 valence electrons. The lowest BCUT2D eigenvalue weighted by Gasteiger charge is -2.29. The predicted molar refractivity (Wildman–Crippen MR) is 157 cm³/mol. The van der Waals surface area contributed by atoms with Crippen LogP contribution in [0.1, 0.15) is 29.0 Å². The summed E-state index contributed by atoms with van der Waals surface area (Å²) in [6.45, 7) is 1.91. The number of hydrogen-bond acceptors (Lipinski definition) is 5. The molecular weight excluding hydrogens is 534 g/mol. The van der Waals surface area contributed by atoms with Crippen molar-refractivity contribution in [3.05, 3.63) is 101 Å². The SMILES string of the molecule is COCC(=O)Nc1cc(N2C(=S)N[C@H](c3ccccn3)[C@H]2c2cccn2-c2ccc(Cl)c(C)c2)ccc1OC. The number of anilines is 2. The van der Waals surface area contributed by atoms with E-state index in [1.54, 1.807) is 13.3 Å². The Morgan fingerprint density at radius 1 is 1.10 bits per heavy atom. The highest BCUT2D eigenvalue weighted by atomic mass is 35.5. The van der Waals surface area contributed by atoms with Crippen LogP contribution in [0.25, 0.3) is 5.69 Å². The first-order chi connectivity index (χ1) is 18.9. The molecule has 5 rings (SSSR count). The molecule has 4 aromatic rings. The molecule has 0 saturated carbocycles. The van der Waals surface area contributed by atoms with Crippen LogP contribution in [0, 0.1) is 6.92 Å². The summed E-state index contributed by atoms with van der Waals surface area (Å²) in [5.41, 5.74) is 5.12. The molecule has 1 saturated heterocycles. The van der Waals surface area contributed by atoms with E-state index in [1.165, 1.54) is 7.11 Å². The number of rotatable bonds is 8. The summed E-state index contributed by atoms with van der Waals surface area (Å²) < 4.78 is 12.6. The molecule has 2 aromatic heterocycles. The Morgan fingerprint density at radius 2 is 1.92 bits per heavy atom. The third-order valence-corrected chi connectivity index (χ3v) is 7.35. The molecule has 1 fully saturated rings. The van der Waals surface area contributed by atoms with Gasteiger partial charge in [0, 0.05) is 41.6 Å². The quantitative estimate of drug-likeness (QED) is 0.271. The molecule has 0 spiro atoms. The zero-order valence-corrected chi connectivity index (χ0v) is 23.3. The average Bonchev–Trinajstić information content (AvgIpc) is 3.55. The first-order valence-corrected chi connectivity index (χ1v) is 13.1. The van der Waals surface area contributed by atoms with Crippen molar-refractivity contribution in [2.75, 3.05) is 31.0 Å². The highest BCUT2D eigenvalue weighted by Gasteiger charge is 2.42. The van der Waals surface area contributed by atoms with Gasteiger partial charge in [0.05, 0.1) is 24.5 Å². The highest BCUT2D eigenvalue weighted by Crippen LogP contribution is 2.44. The molecule has 0 unspecified atom stereocenters. The van der Waals surface area contributed by atoms with Gasteiger partial charge < -0.3 is 29.6 Å². The average molecular weight is 562 g/mol. The maximum Gasteiger partial charge on any atom is 0.250 e. The highest BCUT2D eigenvalue weighted by molar-refractivity contribution is 7.80. The summed E-state index contributed by atoms with van der Waals surface area (Å²) >= 11 is 12.2. The number of aromatic nitrogens is 2. The third-order valence-electron chi connectivity index (χ3n) is 6.61. The summed E-state index contributed by atoms with van der Waals surface area (Å²) in [7, 11) is 3.03. The van der Waals surface area contributed by atoms with Gasteiger partial charge in [-0.1, -0.05) is 17.7 Å². The Labute approximate surface area is 237 Å². The first-order valence-electron chi connectivity index (χ1n) is 12.3. The molecule has 2 atom stereocenters. The molecular formula is C29H28ClN5O3S. The van der Waals surface area contributed by atoms with Crippen molar-refractivity contribution in [2.24, 2.45) is 0 Å². The Hall–Kier alpha value is -3.92. The minimum atomic E-state index is -0.287. The molecule has 0 bridgehead atoms. The van der Waals surface area contributed by atoms with Gasteiger partial charge >= 0.3 is 0 Å². The zero-order chi connectivity index (χ0) is 27.5. The van der Waals surface area contributed by atoms with E-state index in [0.29, 0.717) is 21.6 Å². The number of carbonyl (C=O) groups is 1. The second kappa shape index (κ2) is 11.4. The molecule has 3 heterocycles. The molecule has 10 heteroatoms. The number of methoxy groups -OCH3 is 2. The normalized spacial score (nSPS) is 16.7. The van der Waals surface area contributed by atoms with E-state index in [0.717, 1.165) is 28.3 Å². The van der Waals surface area contributed by atoms with Gasteiger partial charge in [-0.15, -0.1) is 0 Å². The first kappa shape index (κ1) is 26.7. The van der Waals surface area contributed by atoms with E-state index in [2.05, 4.69) is 37.2 Å². The monoisotopic (exact) mass is 561 g/mol. The minimum Gasteiger partial charge on any atom is -0.495 e. The molecule has 0 radical (unpaired) electrons. The lowest BCUT2D eigenvalue weighted by molar-refractivity contribution is -0.119. The number of thiocarbonyl (C=S) groups is 1. The Balaban J connectivity index is 1.63. The fourth-order valence-electron chi connectivity index (χ4n) is 4.84. The fourth-order valence-corrected chi connectivity index (χ4v) is 5.31. The van der Waals surface area contributed by atoms with Crippen LogP contribution in [0.4, 0.5) is 11.4 Å². The number of carbonyl (C=O) groups excluding carboxylic acids is 1. The molecule has 2 aromatic carbocycles. The zero-order valence-electron chi connectivity index (χ0n) is 21.7. The Bertz CT molecular complexity index is 1510. The van der Waals surface area contributed by atoms with E-state index in [4.69, 9.17) is 33.3 Å². The molecule has 1 aliphatic rings. The number of nitrogens with zero attached hydrogens (tertiary/aromatic N) is 3. The van der Waals surface area contributed by atoms with Crippen LogP contribution >= 0.6 is 23.8 Å². The fraction of sp³-hybridized carbons (Fsp3) is 0.207. The van der Waals surface area contributed by atoms with Crippen LogP contribution in [0.3, 0.4) is 0 Å². The number of halogens is 1. The van der Waals surface area contributed by atoms with Crippen molar-refractivity contribution >= 4 is 46.2 Å². The van der Waals surface area contributed by atoms with E-state index >= 15 is 0 Å². The van der Waals surface area contributed by atoms with Gasteiger partial charge in [-0.05, 0) is 85.4 Å². The van der Waals surface area contributed by atoms with Gasteiger partial charge in [0.2, 0.25) is 5.91 Å². The molecule has 39 heavy (non-hydrogen) atoms. The van der Waals surface area contributed by atoms with Crippen LogP contribution in [0.5, 0.6) is 5.75 Å². The molecule has 1 amide bonds. The van der Waals surface area contributed by atoms with Crippen LogP contribution in [-0.4, -0.2) is 41.4 Å². The summed E-state index contributed by atoms with van der Waals surface area (Å²) in [5, 5.41) is 7.61. The molecule has 2 N–H and O–H groups in total. The lowest BCUT2D eigenvalue weighted by Crippen LogP contribution is -2.30. The van der Waals surface area contributed by atoms with Crippen LogP contribution in [0.2, 0.25) is 5.02 Å². The lowest BCUT2D eigenvalue weighted by atomic mass is 10.0. The Morgan fingerprint density at radius 3 is 2.64 bits per heavy atom. The van der Waals surface area contributed by atoms with Crippen LogP contribution in [-0.2, 0) is 9.53 Å². The standard InChI is InChI=1S/C29H28ClN5O3S/c1-18-15-19(9-11-21(18)30)34-14-6-8-24(34)28-27(22-7-4-5-13-31-22)33-29(39)35(28)20-10-12-25(38-3)23(16-20)32-26(36)17-37-2/h4-16,27-28H,17H2,1-3H3,(H,32,36)(H,33,39)/t27-,28-/m1/s1. The van der Waals surface area contributed by atoms with Crippen molar-refractivity contribution in [1.29, 1.82) is 0 Å². The molecule has 8 nitrogen and oxygen atoms in total. The Kier molecular flexibility index (Phi) is 7.83. The van der Waals surface area contributed by atoms with E-state index in [-0.39, 0.29) is 24.6 Å². The number of aryl methyl sites for hydroxylation is 1. The van der Waals surface area contributed by atoms with Crippen LogP contribution < -0.4 is 20.3 Å². The maximum absolute atomic E-state index is 12.4. The third kappa shape index (κ3) is 5.34. The van der Waals surface area contributed by atoms with Crippen molar-refractivity contribution in [1.82, 2.24) is 14.9 Å². The van der Waals surface area contributed by atoms with Crippen molar-refractivity contribution in [3.63, 3.8) is 0 Å². The number of hydrogen-bond donors (Lipinski definition) is 2. The molecule has 1 aliphatic heterocycles. The van der Waals surface area contributed by atoms with E-state index < -0.39 is 0 Å². The number of amides is 1.